The Kier molecular flexibility index (Phi) is 7.31. The number of carbonyl (C=O) groups excluding carboxylic acids is 2. The molecule has 1 aliphatic heterocycles. The van der Waals surface area contributed by atoms with Gasteiger partial charge in [0.25, 0.3) is 0 Å². The molecule has 0 aliphatic carbocycles. The normalized spacial score (nSPS) is 22.3. The molecular formula is C23H34ClFN2O4. The number of piperidine rings is 1. The Balaban J connectivity index is 2.37. The summed E-state index contributed by atoms with van der Waals surface area (Å²) in [5.74, 6) is -0.899. The lowest BCUT2D eigenvalue weighted by Crippen LogP contribution is -2.54. The highest BCUT2D eigenvalue weighted by Gasteiger charge is 2.48. The summed E-state index contributed by atoms with van der Waals surface area (Å²) in [5.41, 5.74) is -1.86. The van der Waals surface area contributed by atoms with Crippen LogP contribution >= 0.6 is 11.6 Å². The van der Waals surface area contributed by atoms with Gasteiger partial charge in [0.05, 0.1) is 11.1 Å². The number of pyridine rings is 1. The minimum atomic E-state index is -1.03. The van der Waals surface area contributed by atoms with E-state index in [1.165, 1.54) is 6.07 Å². The zero-order chi connectivity index (χ0) is 23.8. The Morgan fingerprint density at radius 2 is 1.81 bits per heavy atom. The van der Waals surface area contributed by atoms with Crippen LogP contribution in [0.5, 0.6) is 0 Å². The molecule has 174 valence electrons. The molecule has 8 heteroatoms. The first-order valence-electron chi connectivity index (χ1n) is 10.6. The summed E-state index contributed by atoms with van der Waals surface area (Å²) in [4.78, 5) is 31.7. The molecule has 2 heterocycles. The second kappa shape index (κ2) is 8.93. The van der Waals surface area contributed by atoms with Crippen molar-refractivity contribution >= 4 is 23.7 Å². The highest BCUT2D eigenvalue weighted by molar-refractivity contribution is 6.29. The van der Waals surface area contributed by atoms with Gasteiger partial charge in [-0.2, -0.15) is 0 Å². The number of nitrogens with zero attached hydrogens (tertiary/aromatic N) is 2. The van der Waals surface area contributed by atoms with Gasteiger partial charge < -0.3 is 14.4 Å². The van der Waals surface area contributed by atoms with Gasteiger partial charge in [0.2, 0.25) is 0 Å². The van der Waals surface area contributed by atoms with Crippen LogP contribution in [-0.2, 0) is 20.7 Å². The number of esters is 1. The van der Waals surface area contributed by atoms with E-state index in [0.717, 1.165) is 0 Å². The van der Waals surface area contributed by atoms with Crippen LogP contribution in [0, 0.1) is 18.2 Å². The maximum absolute atomic E-state index is 14.8. The molecule has 0 spiro atoms. The molecule has 31 heavy (non-hydrogen) atoms. The molecule has 1 aromatic heterocycles. The van der Waals surface area contributed by atoms with Crippen molar-refractivity contribution in [3.63, 3.8) is 0 Å². The minimum Gasteiger partial charge on any atom is -0.460 e. The van der Waals surface area contributed by atoms with Gasteiger partial charge in [-0.15, -0.1) is 0 Å². The number of hydrogen-bond acceptors (Lipinski definition) is 5. The number of carbonyl (C=O) groups is 2. The first kappa shape index (κ1) is 25.4. The van der Waals surface area contributed by atoms with Crippen molar-refractivity contribution < 1.29 is 23.5 Å². The van der Waals surface area contributed by atoms with Crippen molar-refractivity contribution in [3.8, 4) is 0 Å². The molecule has 1 amide bonds. The Morgan fingerprint density at radius 3 is 2.32 bits per heavy atom. The molecule has 0 unspecified atom stereocenters. The molecule has 0 aromatic carbocycles. The van der Waals surface area contributed by atoms with Crippen LogP contribution in [-0.4, -0.2) is 45.7 Å². The van der Waals surface area contributed by atoms with E-state index in [1.54, 1.807) is 53.4 Å². The van der Waals surface area contributed by atoms with Gasteiger partial charge in [-0.05, 0) is 79.9 Å². The van der Waals surface area contributed by atoms with E-state index in [4.69, 9.17) is 21.1 Å². The fourth-order valence-corrected chi connectivity index (χ4v) is 4.11. The molecule has 0 saturated carbocycles. The first-order chi connectivity index (χ1) is 14.0. The van der Waals surface area contributed by atoms with Crippen LogP contribution in [0.3, 0.4) is 0 Å². The van der Waals surface area contributed by atoms with Crippen LogP contribution < -0.4 is 0 Å². The largest absolute Gasteiger partial charge is 0.460 e. The standard InChI is InChI=1S/C23H34ClFN2O4/c1-14-11-17(24)26-16(18(14)25)13-23(19(28)30-21(3,4)5)9-10-27(15(2)12-23)20(29)31-22(6,7)8/h11,15H,9-10,12-13H2,1-8H3/t15-,23-/m1/s1. The molecule has 6 nitrogen and oxygen atoms in total. The van der Waals surface area contributed by atoms with Crippen molar-refractivity contribution in [2.75, 3.05) is 6.54 Å². The lowest BCUT2D eigenvalue weighted by atomic mass is 9.72. The molecule has 0 radical (unpaired) electrons. The summed E-state index contributed by atoms with van der Waals surface area (Å²) in [6, 6.07) is 1.15. The number of aromatic nitrogens is 1. The number of amides is 1. The van der Waals surface area contributed by atoms with Crippen molar-refractivity contribution in [3.05, 3.63) is 28.3 Å². The number of hydrogen-bond donors (Lipinski definition) is 0. The summed E-state index contributed by atoms with van der Waals surface area (Å²) in [5, 5.41) is 0.174. The number of halogens is 2. The molecule has 0 N–H and O–H groups in total. The van der Waals surface area contributed by atoms with Gasteiger partial charge in [0.1, 0.15) is 22.2 Å². The molecule has 1 aromatic rings. The lowest BCUT2D eigenvalue weighted by molar-refractivity contribution is -0.172. The molecular weight excluding hydrogens is 423 g/mol. The molecule has 2 atom stereocenters. The van der Waals surface area contributed by atoms with Crippen molar-refractivity contribution in [1.29, 1.82) is 0 Å². The highest BCUT2D eigenvalue weighted by Crippen LogP contribution is 2.41. The van der Waals surface area contributed by atoms with Crippen LogP contribution in [0.15, 0.2) is 6.07 Å². The lowest BCUT2D eigenvalue weighted by Gasteiger charge is -2.44. The average Bonchev–Trinajstić information content (AvgIpc) is 2.56. The minimum absolute atomic E-state index is 0.0433. The quantitative estimate of drug-likeness (QED) is 0.445. The van der Waals surface area contributed by atoms with Crippen molar-refractivity contribution in [2.45, 2.75) is 91.9 Å². The summed E-state index contributed by atoms with van der Waals surface area (Å²) in [7, 11) is 0. The van der Waals surface area contributed by atoms with Gasteiger partial charge in [-0.1, -0.05) is 11.6 Å². The maximum atomic E-state index is 14.8. The molecule has 1 fully saturated rings. The van der Waals surface area contributed by atoms with E-state index in [2.05, 4.69) is 4.98 Å². The Hall–Kier alpha value is -1.89. The van der Waals surface area contributed by atoms with E-state index in [1.807, 2.05) is 6.92 Å². The fraction of sp³-hybridized carbons (Fsp3) is 0.696. The third-order valence-electron chi connectivity index (χ3n) is 5.19. The Morgan fingerprint density at radius 1 is 1.23 bits per heavy atom. The second-order valence-corrected chi connectivity index (χ2v) is 10.8. The van der Waals surface area contributed by atoms with Gasteiger partial charge >= 0.3 is 12.1 Å². The van der Waals surface area contributed by atoms with Gasteiger partial charge in [0, 0.05) is 19.0 Å². The number of likely N-dealkylation sites (tertiary alicyclic amines) is 1. The van der Waals surface area contributed by atoms with E-state index in [9.17, 15) is 14.0 Å². The number of aryl methyl sites for hydroxylation is 1. The second-order valence-electron chi connectivity index (χ2n) is 10.5. The first-order valence-corrected chi connectivity index (χ1v) is 11.0. The molecule has 1 aliphatic rings. The smallest absolute Gasteiger partial charge is 0.410 e. The Bertz CT molecular complexity index is 847. The van der Waals surface area contributed by atoms with Crippen LogP contribution in [0.2, 0.25) is 5.15 Å². The van der Waals surface area contributed by atoms with Crippen molar-refractivity contribution in [2.24, 2.45) is 5.41 Å². The van der Waals surface area contributed by atoms with Gasteiger partial charge in [-0.25, -0.2) is 14.2 Å². The predicted molar refractivity (Wildman–Crippen MR) is 118 cm³/mol. The summed E-state index contributed by atoms with van der Waals surface area (Å²) < 4.78 is 26.1. The van der Waals surface area contributed by atoms with Crippen molar-refractivity contribution in [1.82, 2.24) is 9.88 Å². The number of ether oxygens (including phenoxy) is 2. The third kappa shape index (κ3) is 6.55. The fourth-order valence-electron chi connectivity index (χ4n) is 3.85. The molecule has 2 rings (SSSR count). The molecule has 0 bridgehead atoms. The predicted octanol–water partition coefficient (Wildman–Crippen LogP) is 5.47. The zero-order valence-corrected chi connectivity index (χ0v) is 20.5. The van der Waals surface area contributed by atoms with E-state index in [-0.39, 0.29) is 29.9 Å². The summed E-state index contributed by atoms with van der Waals surface area (Å²) >= 11 is 6.06. The summed E-state index contributed by atoms with van der Waals surface area (Å²) in [6.07, 6.45) is 0.217. The van der Waals surface area contributed by atoms with Gasteiger partial charge in [-0.3, -0.25) is 4.79 Å². The monoisotopic (exact) mass is 456 g/mol. The van der Waals surface area contributed by atoms with E-state index in [0.29, 0.717) is 18.4 Å². The van der Waals surface area contributed by atoms with E-state index < -0.39 is 34.5 Å². The molecule has 1 saturated heterocycles. The maximum Gasteiger partial charge on any atom is 0.410 e. The number of rotatable bonds is 3. The van der Waals surface area contributed by atoms with E-state index >= 15 is 0 Å². The Labute approximate surface area is 189 Å². The topological polar surface area (TPSA) is 68.7 Å². The average molecular weight is 457 g/mol. The third-order valence-corrected chi connectivity index (χ3v) is 5.39. The van der Waals surface area contributed by atoms with Gasteiger partial charge in [0.15, 0.2) is 0 Å². The highest BCUT2D eigenvalue weighted by atomic mass is 35.5. The van der Waals surface area contributed by atoms with Crippen LogP contribution in [0.4, 0.5) is 9.18 Å². The van der Waals surface area contributed by atoms with Crippen LogP contribution in [0.1, 0.15) is 72.6 Å². The zero-order valence-electron chi connectivity index (χ0n) is 19.8. The van der Waals surface area contributed by atoms with Crippen LogP contribution in [0.25, 0.3) is 0 Å². The summed E-state index contributed by atoms with van der Waals surface area (Å²) in [6.45, 7) is 14.5. The SMILES string of the molecule is Cc1cc(Cl)nc(C[C@@]2(C(=O)OC(C)(C)C)CCN(C(=O)OC(C)(C)C)[C@H](C)C2)c1F.